The molecule has 0 saturated carbocycles. The van der Waals surface area contributed by atoms with Gasteiger partial charge in [0.25, 0.3) is 5.91 Å². The van der Waals surface area contributed by atoms with Gasteiger partial charge in [-0.25, -0.2) is 0 Å². The average molecular weight is 362 g/mol. The highest BCUT2D eigenvalue weighted by molar-refractivity contribution is 5.94. The molecule has 0 aromatic heterocycles. The molecule has 7 heteroatoms. The van der Waals surface area contributed by atoms with Crippen LogP contribution in [-0.2, 0) is 4.74 Å². The highest BCUT2D eigenvalue weighted by Crippen LogP contribution is 2.18. The van der Waals surface area contributed by atoms with Gasteiger partial charge in [0.2, 0.25) is 0 Å². The lowest BCUT2D eigenvalue weighted by Gasteiger charge is -2.34. The van der Waals surface area contributed by atoms with E-state index in [-0.39, 0.29) is 36.8 Å². The number of morpholine rings is 1. The fourth-order valence-corrected chi connectivity index (χ4v) is 2.94. The van der Waals surface area contributed by atoms with E-state index in [4.69, 9.17) is 4.74 Å². The van der Waals surface area contributed by atoms with Crippen molar-refractivity contribution < 1.29 is 9.53 Å². The van der Waals surface area contributed by atoms with Crippen LogP contribution in [0.25, 0.3) is 0 Å². The number of benzene rings is 1. The fourth-order valence-electron chi connectivity index (χ4n) is 2.94. The zero-order valence-electron chi connectivity index (χ0n) is 13.4. The minimum Gasteiger partial charge on any atom is -0.378 e. The predicted molar refractivity (Wildman–Crippen MR) is 97.3 cm³/mol. The topological polar surface area (TPSA) is 44.8 Å². The number of halogens is 2. The van der Waals surface area contributed by atoms with Crippen LogP contribution in [0.2, 0.25) is 0 Å². The van der Waals surface area contributed by atoms with Crippen molar-refractivity contribution >= 4 is 36.4 Å². The van der Waals surface area contributed by atoms with Gasteiger partial charge in [-0.1, -0.05) is 0 Å². The van der Waals surface area contributed by atoms with Crippen molar-refractivity contribution in [1.82, 2.24) is 10.2 Å². The number of carbonyl (C=O) groups excluding carboxylic acids is 1. The molecule has 130 valence electrons. The molecular weight excluding hydrogens is 337 g/mol. The van der Waals surface area contributed by atoms with Crippen LogP contribution in [0.3, 0.4) is 0 Å². The Kier molecular flexibility index (Phi) is 8.12. The lowest BCUT2D eigenvalue weighted by molar-refractivity contribution is 0.0655. The first-order valence-corrected chi connectivity index (χ1v) is 7.70. The molecule has 2 aliphatic heterocycles. The van der Waals surface area contributed by atoms with Crippen molar-refractivity contribution in [2.75, 3.05) is 50.8 Å². The molecule has 5 nitrogen and oxygen atoms in total. The van der Waals surface area contributed by atoms with E-state index in [0.717, 1.165) is 51.5 Å². The van der Waals surface area contributed by atoms with Crippen LogP contribution in [0.5, 0.6) is 0 Å². The molecule has 1 aromatic carbocycles. The summed E-state index contributed by atoms with van der Waals surface area (Å²) in [6.07, 6.45) is 0. The van der Waals surface area contributed by atoms with Gasteiger partial charge in [0.1, 0.15) is 0 Å². The van der Waals surface area contributed by atoms with E-state index in [0.29, 0.717) is 0 Å². The van der Waals surface area contributed by atoms with Crippen molar-refractivity contribution in [3.05, 3.63) is 29.8 Å². The standard InChI is InChI=1S/C16H23N3O2.2ClH/c1-13-12-17-6-7-19(13)16(20)14-2-4-15(5-3-14)18-8-10-21-11-9-18;;/h2-5,13,17H,6-12H2,1H3;2*1H/t13-;;/m1../s1. The zero-order valence-corrected chi connectivity index (χ0v) is 15.0. The number of hydrogen-bond acceptors (Lipinski definition) is 4. The maximum Gasteiger partial charge on any atom is 0.254 e. The minimum atomic E-state index is 0. The zero-order chi connectivity index (χ0) is 14.7. The van der Waals surface area contributed by atoms with Crippen LogP contribution in [0, 0.1) is 0 Å². The lowest BCUT2D eigenvalue weighted by Crippen LogP contribution is -2.52. The van der Waals surface area contributed by atoms with Crippen LogP contribution in [0.4, 0.5) is 5.69 Å². The summed E-state index contributed by atoms with van der Waals surface area (Å²) in [5.41, 5.74) is 1.95. The molecule has 0 spiro atoms. The first-order chi connectivity index (χ1) is 10.3. The first-order valence-electron chi connectivity index (χ1n) is 7.70. The Labute approximate surface area is 150 Å². The van der Waals surface area contributed by atoms with Gasteiger partial charge in [-0.15, -0.1) is 24.8 Å². The number of rotatable bonds is 2. The molecule has 0 unspecified atom stereocenters. The van der Waals surface area contributed by atoms with Crippen molar-refractivity contribution in [3.63, 3.8) is 0 Å². The number of ether oxygens (including phenoxy) is 1. The van der Waals surface area contributed by atoms with Crippen molar-refractivity contribution in [2.24, 2.45) is 0 Å². The summed E-state index contributed by atoms with van der Waals surface area (Å²) < 4.78 is 5.37. The van der Waals surface area contributed by atoms with Crippen molar-refractivity contribution in [3.8, 4) is 0 Å². The molecule has 1 amide bonds. The molecule has 2 aliphatic rings. The maximum absolute atomic E-state index is 12.6. The Morgan fingerprint density at radius 1 is 1.13 bits per heavy atom. The third-order valence-corrected chi connectivity index (χ3v) is 4.25. The Morgan fingerprint density at radius 3 is 2.39 bits per heavy atom. The lowest BCUT2D eigenvalue weighted by atomic mass is 10.1. The normalized spacial score (nSPS) is 21.2. The largest absolute Gasteiger partial charge is 0.378 e. The third-order valence-electron chi connectivity index (χ3n) is 4.25. The molecule has 2 saturated heterocycles. The van der Waals surface area contributed by atoms with Crippen LogP contribution in [0.15, 0.2) is 24.3 Å². The van der Waals surface area contributed by atoms with Crippen molar-refractivity contribution in [1.29, 1.82) is 0 Å². The second kappa shape index (κ2) is 9.33. The van der Waals surface area contributed by atoms with Crippen LogP contribution >= 0.6 is 24.8 Å². The summed E-state index contributed by atoms with van der Waals surface area (Å²) >= 11 is 0. The summed E-state index contributed by atoms with van der Waals surface area (Å²) in [5.74, 6) is 0.137. The molecular formula is C16H25Cl2N3O2. The van der Waals surface area contributed by atoms with E-state index < -0.39 is 0 Å². The van der Waals surface area contributed by atoms with Gasteiger partial charge in [-0.2, -0.15) is 0 Å². The second-order valence-electron chi connectivity index (χ2n) is 5.70. The number of piperazine rings is 1. The van der Waals surface area contributed by atoms with Gasteiger partial charge in [-0.05, 0) is 31.2 Å². The highest BCUT2D eigenvalue weighted by atomic mass is 35.5. The predicted octanol–water partition coefficient (Wildman–Crippen LogP) is 1.80. The summed E-state index contributed by atoms with van der Waals surface area (Å²) in [7, 11) is 0. The number of nitrogens with one attached hydrogen (secondary N) is 1. The minimum absolute atomic E-state index is 0. The molecule has 1 aromatic rings. The van der Waals surface area contributed by atoms with E-state index in [2.05, 4.69) is 17.1 Å². The number of nitrogens with zero attached hydrogens (tertiary/aromatic N) is 2. The Balaban J connectivity index is 0.00000132. The summed E-state index contributed by atoms with van der Waals surface area (Å²) in [6.45, 7) is 8.01. The van der Waals surface area contributed by atoms with Crippen molar-refractivity contribution in [2.45, 2.75) is 13.0 Å². The van der Waals surface area contributed by atoms with Crippen LogP contribution in [0.1, 0.15) is 17.3 Å². The monoisotopic (exact) mass is 361 g/mol. The average Bonchev–Trinajstić information content (AvgIpc) is 2.56. The number of amides is 1. The van der Waals surface area contributed by atoms with E-state index in [1.165, 1.54) is 5.69 Å². The number of anilines is 1. The highest BCUT2D eigenvalue weighted by Gasteiger charge is 2.24. The summed E-state index contributed by atoms with van der Waals surface area (Å²) in [6, 6.07) is 8.24. The molecule has 0 bridgehead atoms. The van der Waals surface area contributed by atoms with Gasteiger partial charge in [-0.3, -0.25) is 4.79 Å². The summed E-state index contributed by atoms with van der Waals surface area (Å²) in [4.78, 5) is 16.8. The molecule has 3 rings (SSSR count). The summed E-state index contributed by atoms with van der Waals surface area (Å²) in [5, 5.41) is 3.31. The first kappa shape index (κ1) is 20.0. The molecule has 1 atom stereocenters. The van der Waals surface area contributed by atoms with Gasteiger partial charge >= 0.3 is 0 Å². The van der Waals surface area contributed by atoms with Gasteiger partial charge in [0.05, 0.1) is 13.2 Å². The smallest absolute Gasteiger partial charge is 0.254 e. The quantitative estimate of drug-likeness (QED) is 0.872. The van der Waals surface area contributed by atoms with Crippen LogP contribution < -0.4 is 10.2 Å². The fraction of sp³-hybridized carbons (Fsp3) is 0.562. The molecule has 2 heterocycles. The van der Waals surface area contributed by atoms with Gasteiger partial charge < -0.3 is 19.9 Å². The van der Waals surface area contributed by atoms with E-state index in [1.807, 2.05) is 29.2 Å². The Morgan fingerprint density at radius 2 is 1.78 bits per heavy atom. The van der Waals surface area contributed by atoms with E-state index in [9.17, 15) is 4.79 Å². The second-order valence-corrected chi connectivity index (χ2v) is 5.70. The van der Waals surface area contributed by atoms with Gasteiger partial charge in [0.15, 0.2) is 0 Å². The molecule has 0 aliphatic carbocycles. The van der Waals surface area contributed by atoms with E-state index in [1.54, 1.807) is 0 Å². The molecule has 0 radical (unpaired) electrons. The SMILES string of the molecule is C[C@@H]1CNCCN1C(=O)c1ccc(N2CCOCC2)cc1.Cl.Cl. The van der Waals surface area contributed by atoms with Crippen LogP contribution in [-0.4, -0.2) is 62.8 Å². The maximum atomic E-state index is 12.6. The Bertz CT molecular complexity index is 493. The molecule has 23 heavy (non-hydrogen) atoms. The van der Waals surface area contributed by atoms with E-state index >= 15 is 0 Å². The third kappa shape index (κ3) is 4.73. The molecule has 2 fully saturated rings. The Hall–Kier alpha value is -1.01. The number of carbonyl (C=O) groups is 1. The number of hydrogen-bond donors (Lipinski definition) is 1. The molecule has 1 N–H and O–H groups in total. The van der Waals surface area contributed by atoms with Gasteiger partial charge in [0, 0.05) is 50.0 Å².